The van der Waals surface area contributed by atoms with E-state index in [0.717, 1.165) is 6.42 Å². The molecule has 1 N–H and O–H groups in total. The third-order valence-corrected chi connectivity index (χ3v) is 3.38. The smallest absolute Gasteiger partial charge is 0.133 e. The molecule has 0 radical (unpaired) electrons. The summed E-state index contributed by atoms with van der Waals surface area (Å²) < 4.78 is 33.2. The van der Waals surface area contributed by atoms with E-state index in [-0.39, 0.29) is 17.7 Å². The van der Waals surface area contributed by atoms with Gasteiger partial charge < -0.3 is 10.1 Å². The highest BCUT2D eigenvalue weighted by Gasteiger charge is 2.21. The van der Waals surface area contributed by atoms with Gasteiger partial charge in [0.2, 0.25) is 0 Å². The van der Waals surface area contributed by atoms with Crippen LogP contribution < -0.4 is 5.32 Å². The lowest BCUT2D eigenvalue weighted by Crippen LogP contribution is -2.24. The van der Waals surface area contributed by atoms with E-state index in [9.17, 15) is 8.78 Å². The quantitative estimate of drug-likeness (QED) is 0.815. The zero-order chi connectivity index (χ0) is 14.4. The Kier molecular flexibility index (Phi) is 6.38. The summed E-state index contributed by atoms with van der Waals surface area (Å²) in [6.07, 6.45) is 1.47. The number of ether oxygens (including phenoxy) is 1. The minimum absolute atomic E-state index is 0.0806. The molecule has 0 saturated carbocycles. The van der Waals surface area contributed by atoms with Crippen molar-refractivity contribution < 1.29 is 13.5 Å². The average molecular weight is 271 g/mol. The Morgan fingerprint density at radius 3 is 2.53 bits per heavy atom. The van der Waals surface area contributed by atoms with Crippen LogP contribution >= 0.6 is 0 Å². The molecule has 0 fully saturated rings. The molecule has 1 aromatic carbocycles. The van der Waals surface area contributed by atoms with E-state index in [1.165, 1.54) is 12.1 Å². The number of benzene rings is 1. The Labute approximate surface area is 114 Å². The van der Waals surface area contributed by atoms with Crippen molar-refractivity contribution in [2.24, 2.45) is 0 Å². The molecule has 1 aromatic rings. The fourth-order valence-electron chi connectivity index (χ4n) is 2.11. The first-order chi connectivity index (χ1) is 9.01. The maximum absolute atomic E-state index is 14.1. The largest absolute Gasteiger partial charge is 0.382 e. The maximum Gasteiger partial charge on any atom is 0.133 e. The summed E-state index contributed by atoms with van der Waals surface area (Å²) in [5, 5.41) is 3.15. The van der Waals surface area contributed by atoms with Crippen LogP contribution in [0.25, 0.3) is 0 Å². The second-order valence-electron chi connectivity index (χ2n) is 4.83. The van der Waals surface area contributed by atoms with Crippen molar-refractivity contribution in [2.75, 3.05) is 13.7 Å². The van der Waals surface area contributed by atoms with Crippen molar-refractivity contribution in [2.45, 2.75) is 45.8 Å². The zero-order valence-corrected chi connectivity index (χ0v) is 12.1. The van der Waals surface area contributed by atoms with E-state index in [2.05, 4.69) is 5.32 Å². The number of halogens is 2. The number of methoxy groups -OCH3 is 1. The van der Waals surface area contributed by atoms with Crippen molar-refractivity contribution in [1.82, 2.24) is 5.32 Å². The Morgan fingerprint density at radius 2 is 1.95 bits per heavy atom. The Hall–Kier alpha value is -1.00. The van der Waals surface area contributed by atoms with Crippen LogP contribution in [0.4, 0.5) is 8.78 Å². The molecule has 2 unspecified atom stereocenters. The lowest BCUT2D eigenvalue weighted by atomic mass is 9.97. The molecule has 0 aromatic heterocycles. The van der Waals surface area contributed by atoms with Gasteiger partial charge in [0.25, 0.3) is 0 Å². The van der Waals surface area contributed by atoms with Gasteiger partial charge in [0, 0.05) is 18.7 Å². The number of hydrogen-bond acceptors (Lipinski definition) is 2. The molecule has 0 bridgehead atoms. The summed E-state index contributed by atoms with van der Waals surface area (Å²) in [5.74, 6) is -0.935. The van der Waals surface area contributed by atoms with Gasteiger partial charge in [-0.25, -0.2) is 8.78 Å². The molecular formula is C15H23F2NO. The molecule has 0 spiro atoms. The van der Waals surface area contributed by atoms with Crippen molar-refractivity contribution in [1.29, 1.82) is 0 Å². The summed E-state index contributed by atoms with van der Waals surface area (Å²) in [6, 6.07) is 2.48. The first kappa shape index (κ1) is 16.1. The van der Waals surface area contributed by atoms with Gasteiger partial charge in [-0.3, -0.25) is 0 Å². The second-order valence-corrected chi connectivity index (χ2v) is 4.83. The van der Waals surface area contributed by atoms with E-state index >= 15 is 0 Å². The van der Waals surface area contributed by atoms with E-state index < -0.39 is 11.6 Å². The fourth-order valence-corrected chi connectivity index (χ4v) is 2.11. The van der Waals surface area contributed by atoms with Crippen LogP contribution in [0.3, 0.4) is 0 Å². The van der Waals surface area contributed by atoms with Gasteiger partial charge >= 0.3 is 0 Å². The second kappa shape index (κ2) is 7.56. The van der Waals surface area contributed by atoms with Crippen LogP contribution in [0.15, 0.2) is 12.1 Å². The van der Waals surface area contributed by atoms with Crippen LogP contribution in [0.1, 0.15) is 43.9 Å². The van der Waals surface area contributed by atoms with Crippen molar-refractivity contribution in [3.8, 4) is 0 Å². The van der Waals surface area contributed by atoms with Gasteiger partial charge in [-0.15, -0.1) is 0 Å². The first-order valence-electron chi connectivity index (χ1n) is 6.71. The molecule has 108 valence electrons. The summed E-state index contributed by atoms with van der Waals surface area (Å²) in [4.78, 5) is 0. The van der Waals surface area contributed by atoms with Gasteiger partial charge in [-0.05, 0) is 44.9 Å². The molecular weight excluding hydrogens is 248 g/mol. The van der Waals surface area contributed by atoms with Gasteiger partial charge in [0.15, 0.2) is 0 Å². The number of aryl methyl sites for hydroxylation is 1. The molecule has 0 amide bonds. The first-order valence-corrected chi connectivity index (χ1v) is 6.71. The Balaban J connectivity index is 2.95. The van der Waals surface area contributed by atoms with Crippen LogP contribution in [0, 0.1) is 18.6 Å². The molecule has 1 rings (SSSR count). The molecule has 4 heteroatoms. The van der Waals surface area contributed by atoms with Crippen molar-refractivity contribution in [3.63, 3.8) is 0 Å². The fraction of sp³-hybridized carbons (Fsp3) is 0.600. The van der Waals surface area contributed by atoms with Crippen LogP contribution in [-0.2, 0) is 4.74 Å². The molecule has 19 heavy (non-hydrogen) atoms. The predicted octanol–water partition coefficient (Wildman–Crippen LogP) is 3.74. The standard InChI is InChI=1S/C15H23F2NO/c1-5-18-13(9-7-11(3)19-4)14-12(16)8-6-10(2)15(14)17/h6,8,11,13,18H,5,7,9H2,1-4H3. The van der Waals surface area contributed by atoms with E-state index in [4.69, 9.17) is 4.74 Å². The summed E-state index contributed by atoms with van der Waals surface area (Å²) in [7, 11) is 1.64. The van der Waals surface area contributed by atoms with Crippen LogP contribution in [0.5, 0.6) is 0 Å². The Morgan fingerprint density at radius 1 is 1.26 bits per heavy atom. The molecule has 2 nitrogen and oxygen atoms in total. The summed E-state index contributed by atoms with van der Waals surface area (Å²) in [6.45, 7) is 6.20. The third kappa shape index (κ3) is 4.25. The molecule has 0 aliphatic rings. The molecule has 2 atom stereocenters. The summed E-state index contributed by atoms with van der Waals surface area (Å²) >= 11 is 0. The topological polar surface area (TPSA) is 21.3 Å². The van der Waals surface area contributed by atoms with Crippen LogP contribution in [-0.4, -0.2) is 19.8 Å². The monoisotopic (exact) mass is 271 g/mol. The Bertz CT molecular complexity index is 409. The zero-order valence-electron chi connectivity index (χ0n) is 12.1. The normalized spacial score (nSPS) is 14.4. The van der Waals surface area contributed by atoms with Gasteiger partial charge in [0.05, 0.1) is 6.10 Å². The number of hydrogen-bond donors (Lipinski definition) is 1. The molecule has 0 aliphatic heterocycles. The SMILES string of the molecule is CCNC(CCC(C)OC)c1c(F)ccc(C)c1F. The third-order valence-electron chi connectivity index (χ3n) is 3.38. The van der Waals surface area contributed by atoms with Crippen molar-refractivity contribution >= 4 is 0 Å². The van der Waals surface area contributed by atoms with E-state index in [1.807, 2.05) is 13.8 Å². The van der Waals surface area contributed by atoms with Crippen LogP contribution in [0.2, 0.25) is 0 Å². The van der Waals surface area contributed by atoms with E-state index in [1.54, 1.807) is 14.0 Å². The van der Waals surface area contributed by atoms with Crippen molar-refractivity contribution in [3.05, 3.63) is 34.9 Å². The van der Waals surface area contributed by atoms with Gasteiger partial charge in [-0.1, -0.05) is 13.0 Å². The number of nitrogens with one attached hydrogen (secondary N) is 1. The van der Waals surface area contributed by atoms with E-state index in [0.29, 0.717) is 18.5 Å². The predicted molar refractivity (Wildman–Crippen MR) is 73.2 cm³/mol. The maximum atomic E-state index is 14.1. The number of rotatable bonds is 7. The highest BCUT2D eigenvalue weighted by Crippen LogP contribution is 2.27. The highest BCUT2D eigenvalue weighted by molar-refractivity contribution is 5.29. The average Bonchev–Trinajstić information content (AvgIpc) is 2.40. The lowest BCUT2D eigenvalue weighted by molar-refractivity contribution is 0.106. The molecule has 0 saturated heterocycles. The highest BCUT2D eigenvalue weighted by atomic mass is 19.1. The molecule has 0 aliphatic carbocycles. The minimum Gasteiger partial charge on any atom is -0.382 e. The summed E-state index contributed by atoms with van der Waals surface area (Å²) in [5.41, 5.74) is 0.615. The lowest BCUT2D eigenvalue weighted by Gasteiger charge is -2.21. The van der Waals surface area contributed by atoms with Gasteiger partial charge in [-0.2, -0.15) is 0 Å². The minimum atomic E-state index is -0.487. The van der Waals surface area contributed by atoms with Gasteiger partial charge in [0.1, 0.15) is 11.6 Å². The molecule has 0 heterocycles.